The van der Waals surface area contributed by atoms with Gasteiger partial charge in [-0.05, 0) is 19.3 Å². The van der Waals surface area contributed by atoms with Crippen LogP contribution in [0.3, 0.4) is 0 Å². The van der Waals surface area contributed by atoms with Gasteiger partial charge in [0.1, 0.15) is 0 Å². The van der Waals surface area contributed by atoms with Gasteiger partial charge in [0, 0.05) is 11.8 Å². The molecule has 0 spiro atoms. The summed E-state index contributed by atoms with van der Waals surface area (Å²) in [5.74, 6) is 1.17. The summed E-state index contributed by atoms with van der Waals surface area (Å²) >= 11 is 13.8. The Bertz CT molecular complexity index is 130. The Morgan fingerprint density at radius 2 is 2.00 bits per heavy atom. The average Bonchev–Trinajstić information content (AvgIpc) is 2.02. The molecule has 12 heavy (non-hydrogen) atoms. The van der Waals surface area contributed by atoms with E-state index in [2.05, 4.69) is 22.6 Å². The monoisotopic (exact) mass is 322 g/mol. The first-order chi connectivity index (χ1) is 5.77. The Hall–Kier alpha value is 1.27. The number of hydrogen-bond donors (Lipinski definition) is 0. The lowest BCUT2D eigenvalue weighted by Crippen LogP contribution is -2.35. The van der Waals surface area contributed by atoms with Gasteiger partial charge in [-0.15, -0.1) is 23.2 Å². The smallest absolute Gasteiger partial charge is 0.0843 e. The van der Waals surface area contributed by atoms with Crippen molar-refractivity contribution in [1.29, 1.82) is 0 Å². The Morgan fingerprint density at radius 1 is 1.33 bits per heavy atom. The predicted molar refractivity (Wildman–Crippen MR) is 61.8 cm³/mol. The Morgan fingerprint density at radius 3 is 2.33 bits per heavy atom. The Kier molecular flexibility index (Phi) is 5.57. The van der Waals surface area contributed by atoms with E-state index in [9.17, 15) is 0 Å². The molecule has 0 bridgehead atoms. The zero-order valence-electron chi connectivity index (χ0n) is 6.81. The second kappa shape index (κ2) is 5.89. The molecule has 0 N–H and O–H groups in total. The molecule has 1 aliphatic rings. The van der Waals surface area contributed by atoms with E-state index in [1.165, 1.54) is 19.3 Å². The molecule has 1 nitrogen and oxygen atoms in total. The van der Waals surface area contributed by atoms with Crippen LogP contribution in [0.25, 0.3) is 0 Å². The lowest BCUT2D eigenvalue weighted by Gasteiger charge is -2.31. The van der Waals surface area contributed by atoms with Crippen molar-refractivity contribution < 1.29 is 4.74 Å². The van der Waals surface area contributed by atoms with Gasteiger partial charge in [-0.2, -0.15) is 0 Å². The molecule has 2 unspecified atom stereocenters. The molecule has 0 aromatic carbocycles. The molecule has 1 aliphatic carbocycles. The van der Waals surface area contributed by atoms with Gasteiger partial charge in [0.2, 0.25) is 0 Å². The summed E-state index contributed by atoms with van der Waals surface area (Å²) in [7, 11) is 0. The van der Waals surface area contributed by atoms with Crippen molar-refractivity contribution >= 4 is 45.8 Å². The summed E-state index contributed by atoms with van der Waals surface area (Å²) in [5.41, 5.74) is 0. The molecule has 0 heterocycles. The number of halogens is 3. The SMILES string of the molecule is ClCC(I)C(CCl)OC1CCC1. The molecule has 1 rings (SSSR count). The number of rotatable bonds is 5. The number of ether oxygens (including phenoxy) is 1. The lowest BCUT2D eigenvalue weighted by molar-refractivity contribution is -0.0380. The summed E-state index contributed by atoms with van der Waals surface area (Å²) in [6, 6.07) is 0. The zero-order chi connectivity index (χ0) is 8.97. The Balaban J connectivity index is 2.23. The second-order valence-corrected chi connectivity index (χ2v) is 5.27. The van der Waals surface area contributed by atoms with Gasteiger partial charge >= 0.3 is 0 Å². The van der Waals surface area contributed by atoms with Crippen molar-refractivity contribution in [2.75, 3.05) is 11.8 Å². The highest BCUT2D eigenvalue weighted by Crippen LogP contribution is 2.26. The van der Waals surface area contributed by atoms with E-state index in [0.717, 1.165) is 0 Å². The Labute approximate surface area is 97.3 Å². The van der Waals surface area contributed by atoms with Crippen LogP contribution in [0.2, 0.25) is 0 Å². The number of alkyl halides is 3. The molecule has 0 aromatic rings. The van der Waals surface area contributed by atoms with E-state index in [1.54, 1.807) is 0 Å². The topological polar surface area (TPSA) is 9.23 Å². The maximum atomic E-state index is 5.78. The molecular formula is C8H13Cl2IO. The standard InChI is InChI=1S/C8H13Cl2IO/c9-4-7(11)8(5-10)12-6-2-1-3-6/h6-8H,1-5H2. The van der Waals surface area contributed by atoms with Crippen LogP contribution >= 0.6 is 45.8 Å². The molecule has 0 saturated heterocycles. The quantitative estimate of drug-likeness (QED) is 0.558. The van der Waals surface area contributed by atoms with E-state index in [-0.39, 0.29) is 6.10 Å². The minimum absolute atomic E-state index is 0.134. The van der Waals surface area contributed by atoms with Crippen molar-refractivity contribution in [3.63, 3.8) is 0 Å². The van der Waals surface area contributed by atoms with Gasteiger partial charge in [0.05, 0.1) is 16.1 Å². The third kappa shape index (κ3) is 3.20. The van der Waals surface area contributed by atoms with Crippen LogP contribution < -0.4 is 0 Å². The van der Waals surface area contributed by atoms with Crippen LogP contribution in [-0.4, -0.2) is 27.9 Å². The fourth-order valence-electron chi connectivity index (χ4n) is 1.07. The minimum Gasteiger partial charge on any atom is -0.373 e. The summed E-state index contributed by atoms with van der Waals surface area (Å²) in [4.78, 5) is 0. The molecule has 2 atom stereocenters. The minimum atomic E-state index is 0.134. The van der Waals surface area contributed by atoms with Crippen LogP contribution in [0, 0.1) is 0 Å². The molecule has 4 heteroatoms. The molecule has 0 aliphatic heterocycles. The normalized spacial score (nSPS) is 23.2. The average molecular weight is 323 g/mol. The number of hydrogen-bond acceptors (Lipinski definition) is 1. The van der Waals surface area contributed by atoms with Crippen LogP contribution in [0.15, 0.2) is 0 Å². The summed E-state index contributed by atoms with van der Waals surface area (Å²) in [6.07, 6.45) is 4.27. The third-order valence-electron chi connectivity index (χ3n) is 2.12. The van der Waals surface area contributed by atoms with Gasteiger partial charge in [0.15, 0.2) is 0 Å². The van der Waals surface area contributed by atoms with Crippen LogP contribution in [0.5, 0.6) is 0 Å². The fourth-order valence-corrected chi connectivity index (χ4v) is 2.28. The van der Waals surface area contributed by atoms with E-state index in [1.807, 2.05) is 0 Å². The van der Waals surface area contributed by atoms with E-state index >= 15 is 0 Å². The predicted octanol–water partition coefficient (Wildman–Crippen LogP) is 3.21. The van der Waals surface area contributed by atoms with Crippen LogP contribution in [0.1, 0.15) is 19.3 Å². The zero-order valence-corrected chi connectivity index (χ0v) is 10.5. The molecule has 1 fully saturated rings. The van der Waals surface area contributed by atoms with Gasteiger partial charge in [0.25, 0.3) is 0 Å². The van der Waals surface area contributed by atoms with Crippen molar-refractivity contribution in [3.8, 4) is 0 Å². The van der Waals surface area contributed by atoms with Gasteiger partial charge < -0.3 is 4.74 Å². The molecule has 0 aromatic heterocycles. The van der Waals surface area contributed by atoms with Crippen molar-refractivity contribution in [2.24, 2.45) is 0 Å². The third-order valence-corrected chi connectivity index (χ3v) is 4.52. The van der Waals surface area contributed by atoms with Crippen molar-refractivity contribution in [2.45, 2.75) is 35.4 Å². The largest absolute Gasteiger partial charge is 0.373 e. The maximum absolute atomic E-state index is 5.78. The first-order valence-corrected chi connectivity index (χ1v) is 6.51. The van der Waals surface area contributed by atoms with Crippen molar-refractivity contribution in [1.82, 2.24) is 0 Å². The summed E-state index contributed by atoms with van der Waals surface area (Å²) in [6.45, 7) is 0. The molecular weight excluding hydrogens is 310 g/mol. The molecule has 72 valence electrons. The summed E-state index contributed by atoms with van der Waals surface area (Å²) < 4.78 is 6.10. The molecule has 1 saturated carbocycles. The van der Waals surface area contributed by atoms with E-state index < -0.39 is 0 Å². The van der Waals surface area contributed by atoms with Gasteiger partial charge in [-0.25, -0.2) is 0 Å². The highest BCUT2D eigenvalue weighted by Gasteiger charge is 2.25. The first kappa shape index (κ1) is 11.3. The fraction of sp³-hybridized carbons (Fsp3) is 1.00. The van der Waals surface area contributed by atoms with E-state index in [0.29, 0.717) is 21.8 Å². The highest BCUT2D eigenvalue weighted by molar-refractivity contribution is 14.1. The van der Waals surface area contributed by atoms with E-state index in [4.69, 9.17) is 27.9 Å². The summed E-state index contributed by atoms with van der Waals surface area (Å²) in [5, 5.41) is 0. The second-order valence-electron chi connectivity index (χ2n) is 3.05. The molecule has 0 amide bonds. The maximum Gasteiger partial charge on any atom is 0.0843 e. The van der Waals surface area contributed by atoms with Crippen molar-refractivity contribution in [3.05, 3.63) is 0 Å². The first-order valence-electron chi connectivity index (χ1n) is 4.19. The van der Waals surface area contributed by atoms with Gasteiger partial charge in [-0.3, -0.25) is 0 Å². The van der Waals surface area contributed by atoms with Crippen LogP contribution in [-0.2, 0) is 4.74 Å². The van der Waals surface area contributed by atoms with Gasteiger partial charge in [-0.1, -0.05) is 22.6 Å². The van der Waals surface area contributed by atoms with Crippen LogP contribution in [0.4, 0.5) is 0 Å². The molecule has 0 radical (unpaired) electrons. The lowest BCUT2D eigenvalue weighted by atomic mass is 9.96. The highest BCUT2D eigenvalue weighted by atomic mass is 127.